The molecule has 0 spiro atoms. The molecule has 100 valence electrons. The Morgan fingerprint density at radius 2 is 1.35 bits per heavy atom. The van der Waals surface area contributed by atoms with Gasteiger partial charge in [0.05, 0.1) is 0 Å². The summed E-state index contributed by atoms with van der Waals surface area (Å²) < 4.78 is 0. The topological polar surface area (TPSA) is 173 Å². The second-order valence-corrected chi connectivity index (χ2v) is 2.91. The van der Waals surface area contributed by atoms with E-state index in [1.54, 1.807) is 0 Å². The molecule has 0 bridgehead atoms. The van der Waals surface area contributed by atoms with Crippen LogP contribution in [0.5, 0.6) is 0 Å². The van der Waals surface area contributed by atoms with Crippen molar-refractivity contribution in [2.75, 3.05) is 0 Å². The van der Waals surface area contributed by atoms with E-state index in [4.69, 9.17) is 35.4 Å². The molecule has 0 unspecified atom stereocenters. The van der Waals surface area contributed by atoms with Crippen molar-refractivity contribution < 1.29 is 45.0 Å². The molecule has 0 aliphatic rings. The van der Waals surface area contributed by atoms with E-state index in [-0.39, 0.29) is 6.29 Å². The van der Waals surface area contributed by atoms with Crippen molar-refractivity contribution >= 4 is 18.2 Å². The summed E-state index contributed by atoms with van der Waals surface area (Å²) >= 11 is 0. The highest BCUT2D eigenvalue weighted by molar-refractivity contribution is 5.73. The average Bonchev–Trinajstić information content (AvgIpc) is 2.23. The monoisotopic (exact) mass is 254 g/mol. The fraction of sp³-hybridized carbons (Fsp3) is 0.625. The van der Waals surface area contributed by atoms with Crippen molar-refractivity contribution in [2.24, 2.45) is 0 Å². The van der Waals surface area contributed by atoms with Crippen molar-refractivity contribution in [2.45, 2.75) is 31.3 Å². The third-order valence-electron chi connectivity index (χ3n) is 1.42. The quantitative estimate of drug-likeness (QED) is 0.276. The highest BCUT2D eigenvalue weighted by Gasteiger charge is 2.33. The molecule has 4 atom stereocenters. The number of carboxylic acid groups (broad SMARTS) is 2. The number of carbonyl (C=O) groups excluding carboxylic acids is 1. The summed E-state index contributed by atoms with van der Waals surface area (Å²) in [6.45, 7) is 1.08. The molecule has 0 amide bonds. The molecule has 0 aliphatic carbocycles. The highest BCUT2D eigenvalue weighted by atomic mass is 16.4. The lowest BCUT2D eigenvalue weighted by molar-refractivity contribution is -0.163. The first-order chi connectivity index (χ1) is 7.64. The number of rotatable bonds is 5. The van der Waals surface area contributed by atoms with Crippen LogP contribution in [0.1, 0.15) is 6.92 Å². The van der Waals surface area contributed by atoms with Crippen LogP contribution in [0.15, 0.2) is 0 Å². The van der Waals surface area contributed by atoms with E-state index >= 15 is 0 Å². The van der Waals surface area contributed by atoms with Gasteiger partial charge in [-0.1, -0.05) is 0 Å². The predicted octanol–water partition coefficient (Wildman–Crippen LogP) is -3.20. The summed E-state index contributed by atoms with van der Waals surface area (Å²) in [4.78, 5) is 29.0. The van der Waals surface area contributed by atoms with Crippen LogP contribution >= 0.6 is 0 Å². The predicted molar refractivity (Wildman–Crippen MR) is 51.0 cm³/mol. The van der Waals surface area contributed by atoms with Gasteiger partial charge < -0.3 is 35.4 Å². The van der Waals surface area contributed by atoms with Crippen LogP contribution in [-0.2, 0) is 14.4 Å². The van der Waals surface area contributed by atoms with E-state index in [1.165, 1.54) is 0 Å². The first-order valence-electron chi connectivity index (χ1n) is 4.25. The summed E-state index contributed by atoms with van der Waals surface area (Å²) in [7, 11) is 0. The van der Waals surface area contributed by atoms with Crippen LogP contribution in [0.25, 0.3) is 0 Å². The van der Waals surface area contributed by atoms with Gasteiger partial charge in [-0.3, -0.25) is 4.79 Å². The normalized spacial score (nSPS) is 16.8. The third kappa shape index (κ3) is 8.28. The zero-order valence-corrected chi connectivity index (χ0v) is 8.79. The average molecular weight is 254 g/mol. The molecule has 9 heteroatoms. The minimum Gasteiger partial charge on any atom is -0.481 e. The summed E-state index contributed by atoms with van der Waals surface area (Å²) in [5.74, 6) is -2.59. The fourth-order valence-corrected chi connectivity index (χ4v) is 0.615. The van der Waals surface area contributed by atoms with Gasteiger partial charge in [0, 0.05) is 6.92 Å². The number of aliphatic hydroxyl groups is 4. The van der Waals surface area contributed by atoms with Gasteiger partial charge in [-0.15, -0.1) is 0 Å². The first-order valence-corrected chi connectivity index (χ1v) is 4.25. The largest absolute Gasteiger partial charge is 0.481 e. The molecule has 0 aromatic carbocycles. The van der Waals surface area contributed by atoms with Gasteiger partial charge in [0.25, 0.3) is 5.97 Å². The van der Waals surface area contributed by atoms with E-state index in [9.17, 15) is 9.59 Å². The zero-order chi connectivity index (χ0) is 14.2. The van der Waals surface area contributed by atoms with Crippen molar-refractivity contribution in [3.05, 3.63) is 0 Å². The van der Waals surface area contributed by atoms with Crippen LogP contribution in [0, 0.1) is 0 Å². The number of carbonyl (C=O) groups is 3. The summed E-state index contributed by atoms with van der Waals surface area (Å²) in [6.07, 6.45) is -8.39. The van der Waals surface area contributed by atoms with Crippen LogP contribution in [0.2, 0.25) is 0 Å². The molecule has 0 fully saturated rings. The molecular formula is C8H14O9. The Labute approximate surface area is 95.5 Å². The number of hydrogen-bond donors (Lipinski definition) is 6. The number of aliphatic hydroxyl groups excluding tert-OH is 4. The molecule has 0 heterocycles. The second-order valence-electron chi connectivity index (χ2n) is 2.91. The maximum atomic E-state index is 10.1. The molecule has 17 heavy (non-hydrogen) atoms. The van der Waals surface area contributed by atoms with Crippen molar-refractivity contribution in [3.8, 4) is 0 Å². The summed E-state index contributed by atoms with van der Waals surface area (Å²) in [5, 5.41) is 50.6. The molecule has 6 N–H and O–H groups in total. The fourth-order valence-electron chi connectivity index (χ4n) is 0.615. The Bertz CT molecular complexity index is 260. The summed E-state index contributed by atoms with van der Waals surface area (Å²) in [5.41, 5.74) is 0. The van der Waals surface area contributed by atoms with Crippen LogP contribution in [0.4, 0.5) is 0 Å². The van der Waals surface area contributed by atoms with E-state index in [0.29, 0.717) is 0 Å². The summed E-state index contributed by atoms with van der Waals surface area (Å²) in [6, 6.07) is 0. The zero-order valence-electron chi connectivity index (χ0n) is 8.79. The standard InChI is InChI=1S/C6H10O7.C2H4O2/c7-1-2(8)3(9)4(10)5(11)6(12)13;1-2(3)4/h1-5,8-11H,(H,12,13);1H3,(H,3,4)/t2-,3+,4-,5-;/m0./s1. The van der Waals surface area contributed by atoms with E-state index < -0.39 is 36.4 Å². The lowest BCUT2D eigenvalue weighted by atomic mass is 10.0. The van der Waals surface area contributed by atoms with Gasteiger partial charge in [-0.2, -0.15) is 0 Å². The SMILES string of the molecule is CC(=O)O.O=C[C@H](O)[C@@H](O)[C@H](O)[C@H](O)C(=O)O. The lowest BCUT2D eigenvalue weighted by Gasteiger charge is -2.21. The molecule has 0 aromatic heterocycles. The Hall–Kier alpha value is -1.55. The smallest absolute Gasteiger partial charge is 0.335 e. The molecule has 0 aliphatic heterocycles. The maximum Gasteiger partial charge on any atom is 0.335 e. The van der Waals surface area contributed by atoms with Crippen molar-refractivity contribution in [1.82, 2.24) is 0 Å². The molecule has 9 nitrogen and oxygen atoms in total. The van der Waals surface area contributed by atoms with Crippen LogP contribution in [0.3, 0.4) is 0 Å². The van der Waals surface area contributed by atoms with E-state index in [1.807, 2.05) is 0 Å². The Balaban J connectivity index is 0. The second kappa shape index (κ2) is 8.58. The van der Waals surface area contributed by atoms with Gasteiger partial charge >= 0.3 is 5.97 Å². The van der Waals surface area contributed by atoms with Gasteiger partial charge in [-0.05, 0) is 0 Å². The molecule has 0 saturated carbocycles. The Morgan fingerprint density at radius 1 is 1.00 bits per heavy atom. The highest BCUT2D eigenvalue weighted by Crippen LogP contribution is 2.03. The van der Waals surface area contributed by atoms with Crippen LogP contribution in [-0.4, -0.2) is 73.3 Å². The van der Waals surface area contributed by atoms with Gasteiger partial charge in [0.15, 0.2) is 12.4 Å². The van der Waals surface area contributed by atoms with E-state index in [2.05, 4.69) is 0 Å². The van der Waals surface area contributed by atoms with Gasteiger partial charge in [0.2, 0.25) is 0 Å². The van der Waals surface area contributed by atoms with Crippen molar-refractivity contribution in [3.63, 3.8) is 0 Å². The molecule has 0 rings (SSSR count). The molecule has 0 radical (unpaired) electrons. The minimum atomic E-state index is -2.25. The number of hydrogen-bond acceptors (Lipinski definition) is 7. The molecular weight excluding hydrogens is 240 g/mol. The molecule has 0 saturated heterocycles. The number of carboxylic acids is 2. The lowest BCUT2D eigenvalue weighted by Crippen LogP contribution is -2.48. The maximum absolute atomic E-state index is 10.1. The minimum absolute atomic E-state index is 0.0809. The molecule has 0 aromatic rings. The van der Waals surface area contributed by atoms with E-state index in [0.717, 1.165) is 6.92 Å². The van der Waals surface area contributed by atoms with Gasteiger partial charge in [0.1, 0.15) is 18.3 Å². The van der Waals surface area contributed by atoms with Crippen LogP contribution < -0.4 is 0 Å². The number of aliphatic carboxylic acids is 2. The Morgan fingerprint density at radius 3 is 1.59 bits per heavy atom. The van der Waals surface area contributed by atoms with Gasteiger partial charge in [-0.25, -0.2) is 4.79 Å². The van der Waals surface area contributed by atoms with Crippen molar-refractivity contribution in [1.29, 1.82) is 0 Å². The third-order valence-corrected chi connectivity index (χ3v) is 1.42. The number of aldehydes is 1. The first kappa shape index (κ1) is 17.8. The Kier molecular flexibility index (Phi) is 9.01.